The van der Waals surface area contributed by atoms with Gasteiger partial charge in [-0.3, -0.25) is 9.59 Å². The second-order valence-electron chi connectivity index (χ2n) is 7.27. The minimum absolute atomic E-state index is 0.0539. The lowest BCUT2D eigenvalue weighted by Gasteiger charge is -2.24. The van der Waals surface area contributed by atoms with Crippen LogP contribution in [0.5, 0.6) is 5.75 Å². The Morgan fingerprint density at radius 2 is 2.07 bits per heavy atom. The fourth-order valence-electron chi connectivity index (χ4n) is 3.71. The van der Waals surface area contributed by atoms with E-state index >= 15 is 0 Å². The molecule has 2 aromatic carbocycles. The number of aryl methyl sites for hydroxylation is 1. The maximum atomic E-state index is 12.7. The van der Waals surface area contributed by atoms with Crippen molar-refractivity contribution in [2.24, 2.45) is 5.92 Å². The molecule has 2 N–H and O–H groups in total. The molecular formula is C22H19N3O3S. The number of para-hydroxylation sites is 1. The summed E-state index contributed by atoms with van der Waals surface area (Å²) in [7, 11) is 0. The molecule has 5 rings (SSSR count). The van der Waals surface area contributed by atoms with Gasteiger partial charge in [0.05, 0.1) is 11.6 Å². The van der Waals surface area contributed by atoms with Crippen LogP contribution in [0.3, 0.4) is 0 Å². The summed E-state index contributed by atoms with van der Waals surface area (Å²) in [5.74, 6) is 0.605. The highest BCUT2D eigenvalue weighted by Gasteiger charge is 2.26. The first-order valence-electron chi connectivity index (χ1n) is 9.56. The number of ether oxygens (including phenoxy) is 1. The number of hydrogen-bond acceptors (Lipinski definition) is 5. The third-order valence-corrected chi connectivity index (χ3v) is 6.04. The van der Waals surface area contributed by atoms with E-state index in [1.54, 1.807) is 0 Å². The van der Waals surface area contributed by atoms with Crippen LogP contribution in [0.2, 0.25) is 0 Å². The monoisotopic (exact) mass is 405 g/mol. The number of benzene rings is 2. The lowest BCUT2D eigenvalue weighted by molar-refractivity contribution is -0.121. The van der Waals surface area contributed by atoms with Gasteiger partial charge in [-0.15, -0.1) is 11.3 Å². The molecule has 2 aliphatic rings. The van der Waals surface area contributed by atoms with Crippen molar-refractivity contribution in [1.29, 1.82) is 0 Å². The number of hydrogen-bond donors (Lipinski definition) is 2. The zero-order valence-corrected chi connectivity index (χ0v) is 16.4. The quantitative estimate of drug-likeness (QED) is 0.693. The van der Waals surface area contributed by atoms with E-state index in [9.17, 15) is 9.59 Å². The van der Waals surface area contributed by atoms with E-state index in [-0.39, 0.29) is 17.7 Å². The van der Waals surface area contributed by atoms with Crippen molar-refractivity contribution in [1.82, 2.24) is 4.98 Å². The Hall–Kier alpha value is -3.19. The van der Waals surface area contributed by atoms with E-state index in [0.29, 0.717) is 24.6 Å². The topological polar surface area (TPSA) is 80.3 Å². The molecule has 0 spiro atoms. The van der Waals surface area contributed by atoms with Crippen LogP contribution in [0.1, 0.15) is 17.5 Å². The third kappa shape index (κ3) is 3.61. The molecule has 2 amide bonds. The largest absolute Gasteiger partial charge is 0.492 e. The zero-order valence-electron chi connectivity index (χ0n) is 15.6. The Morgan fingerprint density at radius 3 is 3.00 bits per heavy atom. The molecule has 1 unspecified atom stereocenters. The second-order valence-corrected chi connectivity index (χ2v) is 8.13. The van der Waals surface area contributed by atoms with Crippen LogP contribution >= 0.6 is 11.3 Å². The first-order chi connectivity index (χ1) is 14.2. The lowest BCUT2D eigenvalue weighted by atomic mass is 9.96. The number of fused-ring (bicyclic) bond motifs is 2. The average molecular weight is 405 g/mol. The summed E-state index contributed by atoms with van der Waals surface area (Å²) in [6.07, 6.45) is 1.89. The Balaban J connectivity index is 1.28. The normalized spacial score (nSPS) is 17.5. The van der Waals surface area contributed by atoms with Gasteiger partial charge in [0, 0.05) is 23.1 Å². The number of aromatic nitrogens is 1. The molecule has 0 radical (unpaired) electrons. The fraction of sp³-hybridized carbons (Fsp3) is 0.227. The predicted molar refractivity (Wildman–Crippen MR) is 112 cm³/mol. The molecule has 1 aromatic heterocycles. The van der Waals surface area contributed by atoms with Crippen LogP contribution in [0, 0.1) is 5.92 Å². The van der Waals surface area contributed by atoms with Gasteiger partial charge in [-0.1, -0.05) is 24.3 Å². The van der Waals surface area contributed by atoms with Crippen LogP contribution in [0.25, 0.3) is 11.3 Å². The number of thiazole rings is 1. The average Bonchev–Trinajstić information content (AvgIpc) is 3.21. The fourth-order valence-corrected chi connectivity index (χ4v) is 4.43. The van der Waals surface area contributed by atoms with Gasteiger partial charge >= 0.3 is 0 Å². The van der Waals surface area contributed by atoms with E-state index in [0.717, 1.165) is 40.2 Å². The van der Waals surface area contributed by atoms with Gasteiger partial charge in [0.2, 0.25) is 11.8 Å². The molecule has 3 heterocycles. The number of amides is 2. The van der Waals surface area contributed by atoms with Gasteiger partial charge in [0.25, 0.3) is 0 Å². The Morgan fingerprint density at radius 1 is 1.17 bits per heavy atom. The van der Waals surface area contributed by atoms with Crippen LogP contribution in [-0.2, 0) is 22.4 Å². The molecule has 3 aromatic rings. The maximum absolute atomic E-state index is 12.7. The van der Waals surface area contributed by atoms with E-state index in [1.165, 1.54) is 11.3 Å². The Kier molecular flexibility index (Phi) is 4.52. The SMILES string of the molecule is O=C1CCc2cc(-c3csc(NC(=O)C4COc5ccccc5C4)n3)ccc2N1. The minimum Gasteiger partial charge on any atom is -0.492 e. The molecule has 29 heavy (non-hydrogen) atoms. The number of nitrogens with one attached hydrogen (secondary N) is 2. The molecule has 0 aliphatic carbocycles. The number of rotatable bonds is 3. The van der Waals surface area contributed by atoms with E-state index in [4.69, 9.17) is 4.74 Å². The summed E-state index contributed by atoms with van der Waals surface area (Å²) >= 11 is 1.41. The number of nitrogens with zero attached hydrogens (tertiary/aromatic N) is 1. The highest BCUT2D eigenvalue weighted by atomic mass is 32.1. The van der Waals surface area contributed by atoms with Gasteiger partial charge in [-0.25, -0.2) is 4.98 Å². The van der Waals surface area contributed by atoms with Gasteiger partial charge in [0.15, 0.2) is 5.13 Å². The first kappa shape index (κ1) is 17.9. The van der Waals surface area contributed by atoms with Gasteiger partial charge < -0.3 is 15.4 Å². The van der Waals surface area contributed by atoms with Crippen LogP contribution < -0.4 is 15.4 Å². The van der Waals surface area contributed by atoms with Gasteiger partial charge in [-0.05, 0) is 42.2 Å². The van der Waals surface area contributed by atoms with Crippen molar-refractivity contribution in [2.75, 3.05) is 17.2 Å². The standard InChI is InChI=1S/C22H19N3O3S/c26-20-8-6-13-9-14(5-7-17(13)23-20)18-12-29-22(24-18)25-21(27)16-10-15-3-1-2-4-19(15)28-11-16/h1-5,7,9,12,16H,6,8,10-11H2,(H,23,26)(H,24,25,27). The van der Waals surface area contributed by atoms with Crippen LogP contribution in [-0.4, -0.2) is 23.4 Å². The number of carbonyl (C=O) groups excluding carboxylic acids is 2. The summed E-state index contributed by atoms with van der Waals surface area (Å²) in [5.41, 5.74) is 4.83. The highest BCUT2D eigenvalue weighted by Crippen LogP contribution is 2.31. The molecular weight excluding hydrogens is 386 g/mol. The molecule has 6 nitrogen and oxygen atoms in total. The van der Waals surface area contributed by atoms with Gasteiger partial charge in [-0.2, -0.15) is 0 Å². The van der Waals surface area contributed by atoms with Crippen LogP contribution in [0.4, 0.5) is 10.8 Å². The number of carbonyl (C=O) groups is 2. The molecule has 0 saturated heterocycles. The van der Waals surface area contributed by atoms with Crippen molar-refractivity contribution in [2.45, 2.75) is 19.3 Å². The zero-order chi connectivity index (χ0) is 19.8. The first-order valence-corrected chi connectivity index (χ1v) is 10.4. The van der Waals surface area contributed by atoms with Crippen molar-refractivity contribution >= 4 is 34.0 Å². The Bertz CT molecular complexity index is 1110. The molecule has 0 fully saturated rings. The van der Waals surface area contributed by atoms with Crippen molar-refractivity contribution in [3.05, 3.63) is 59.0 Å². The van der Waals surface area contributed by atoms with Crippen molar-refractivity contribution < 1.29 is 14.3 Å². The molecule has 0 bridgehead atoms. The summed E-state index contributed by atoms with van der Waals surface area (Å²) in [5, 5.41) is 8.33. The van der Waals surface area contributed by atoms with E-state index in [1.807, 2.05) is 41.8 Å². The molecule has 1 atom stereocenters. The highest BCUT2D eigenvalue weighted by molar-refractivity contribution is 7.14. The smallest absolute Gasteiger partial charge is 0.233 e. The minimum atomic E-state index is -0.232. The molecule has 2 aliphatic heterocycles. The van der Waals surface area contributed by atoms with E-state index < -0.39 is 0 Å². The van der Waals surface area contributed by atoms with Crippen LogP contribution in [0.15, 0.2) is 47.8 Å². The van der Waals surface area contributed by atoms with E-state index in [2.05, 4.69) is 21.7 Å². The van der Waals surface area contributed by atoms with Crippen molar-refractivity contribution in [3.63, 3.8) is 0 Å². The summed E-state index contributed by atoms with van der Waals surface area (Å²) in [6, 6.07) is 13.7. The second kappa shape index (κ2) is 7.33. The summed E-state index contributed by atoms with van der Waals surface area (Å²) in [4.78, 5) is 28.8. The molecule has 7 heteroatoms. The van der Waals surface area contributed by atoms with Gasteiger partial charge in [0.1, 0.15) is 12.4 Å². The maximum Gasteiger partial charge on any atom is 0.233 e. The lowest BCUT2D eigenvalue weighted by Crippen LogP contribution is -2.32. The number of anilines is 2. The van der Waals surface area contributed by atoms with Crippen molar-refractivity contribution in [3.8, 4) is 17.0 Å². The predicted octanol–water partition coefficient (Wildman–Crippen LogP) is 3.88. The third-order valence-electron chi connectivity index (χ3n) is 5.28. The summed E-state index contributed by atoms with van der Waals surface area (Å²) < 4.78 is 5.72. The molecule has 146 valence electrons. The Labute approximate surface area is 171 Å². The molecule has 0 saturated carbocycles. The summed E-state index contributed by atoms with van der Waals surface area (Å²) in [6.45, 7) is 0.373.